The molecule has 1 aromatic heterocycles. The van der Waals surface area contributed by atoms with E-state index in [0.29, 0.717) is 6.61 Å². The molecule has 0 unspecified atom stereocenters. The Balaban J connectivity index is 1.99. The van der Waals surface area contributed by atoms with Crippen LogP contribution in [0.5, 0.6) is 0 Å². The van der Waals surface area contributed by atoms with Gasteiger partial charge >= 0.3 is 5.97 Å². The summed E-state index contributed by atoms with van der Waals surface area (Å²) in [6, 6.07) is 1.99. The van der Waals surface area contributed by atoms with Crippen LogP contribution in [0.4, 0.5) is 0 Å². The lowest BCUT2D eigenvalue weighted by Crippen LogP contribution is -2.03. The number of carbonyl (C=O) groups excluding carboxylic acids is 1. The van der Waals surface area contributed by atoms with E-state index in [-0.39, 0.29) is 5.97 Å². The lowest BCUT2D eigenvalue weighted by Gasteiger charge is -2.02. The molecule has 0 radical (unpaired) electrons. The highest BCUT2D eigenvalue weighted by Crippen LogP contribution is 2.26. The highest BCUT2D eigenvalue weighted by Gasteiger charge is 2.10. The first-order valence-electron chi connectivity index (χ1n) is 10.2. The molecule has 144 valence electrons. The quantitative estimate of drug-likeness (QED) is 0.166. The highest BCUT2D eigenvalue weighted by molar-refractivity contribution is 7.99. The minimum absolute atomic E-state index is 0.163. The second-order valence-corrected chi connectivity index (χ2v) is 8.75. The molecule has 0 N–H and O–H groups in total. The Morgan fingerprint density at radius 3 is 2.16 bits per heavy atom. The van der Waals surface area contributed by atoms with Gasteiger partial charge in [0.05, 0.1) is 6.61 Å². The van der Waals surface area contributed by atoms with Gasteiger partial charge in [0.1, 0.15) is 4.88 Å². The summed E-state index contributed by atoms with van der Waals surface area (Å²) in [5.41, 5.74) is 0. The summed E-state index contributed by atoms with van der Waals surface area (Å²) in [6.07, 6.45) is 15.8. The van der Waals surface area contributed by atoms with Crippen LogP contribution in [0.1, 0.15) is 101 Å². The fourth-order valence-corrected chi connectivity index (χ4v) is 4.60. The molecule has 25 heavy (non-hydrogen) atoms. The van der Waals surface area contributed by atoms with Crippen LogP contribution in [-0.4, -0.2) is 18.3 Å². The molecular weight excluding hydrogens is 348 g/mol. The molecule has 1 aromatic rings. The van der Waals surface area contributed by atoms with E-state index in [4.69, 9.17) is 4.74 Å². The van der Waals surface area contributed by atoms with E-state index in [1.54, 1.807) is 0 Å². The molecule has 1 heterocycles. The smallest absolute Gasteiger partial charge is 0.348 e. The number of thioether (sulfide) groups is 1. The van der Waals surface area contributed by atoms with Crippen molar-refractivity contribution in [2.75, 3.05) is 12.4 Å². The van der Waals surface area contributed by atoms with Crippen LogP contribution in [-0.2, 0) is 4.74 Å². The second-order valence-electron chi connectivity index (χ2n) is 6.67. The van der Waals surface area contributed by atoms with E-state index < -0.39 is 0 Å². The number of rotatable bonds is 16. The Morgan fingerprint density at radius 2 is 1.52 bits per heavy atom. The lowest BCUT2D eigenvalue weighted by molar-refractivity contribution is 0.0505. The van der Waals surface area contributed by atoms with E-state index in [1.165, 1.54) is 80.4 Å². The van der Waals surface area contributed by atoms with Gasteiger partial charge in [-0.15, -0.1) is 23.1 Å². The van der Waals surface area contributed by atoms with Crippen LogP contribution in [0.25, 0.3) is 0 Å². The second kappa shape index (κ2) is 15.7. The number of carbonyl (C=O) groups is 1. The Morgan fingerprint density at radius 1 is 0.920 bits per heavy atom. The molecule has 1 rings (SSSR count). The fourth-order valence-electron chi connectivity index (χ4n) is 2.66. The highest BCUT2D eigenvalue weighted by atomic mass is 32.2. The molecule has 0 spiro atoms. The average Bonchev–Trinajstić information content (AvgIpc) is 3.09. The fraction of sp³-hybridized carbons (Fsp3) is 0.762. The molecule has 0 bridgehead atoms. The largest absolute Gasteiger partial charge is 0.462 e. The molecule has 0 aliphatic carbocycles. The van der Waals surface area contributed by atoms with Crippen LogP contribution < -0.4 is 0 Å². The van der Waals surface area contributed by atoms with Gasteiger partial charge in [0.2, 0.25) is 0 Å². The standard InChI is InChI=1S/C21H36O2S2/c1-3-5-7-8-9-10-11-12-13-14-16-24-19-17-20(25-18-19)21(22)23-15-6-4-2/h17-18H,3-16H2,1-2H3. The van der Waals surface area contributed by atoms with E-state index in [2.05, 4.69) is 19.2 Å². The van der Waals surface area contributed by atoms with Crippen molar-refractivity contribution in [2.24, 2.45) is 0 Å². The minimum Gasteiger partial charge on any atom is -0.462 e. The number of unbranched alkanes of at least 4 members (excludes halogenated alkanes) is 10. The topological polar surface area (TPSA) is 26.3 Å². The maximum atomic E-state index is 11.9. The van der Waals surface area contributed by atoms with Crippen LogP contribution in [0.15, 0.2) is 16.3 Å². The third-order valence-corrected chi connectivity index (χ3v) is 6.40. The number of thiophene rings is 1. The summed E-state index contributed by atoms with van der Waals surface area (Å²) in [4.78, 5) is 13.8. The molecule has 0 aliphatic rings. The summed E-state index contributed by atoms with van der Waals surface area (Å²) in [5.74, 6) is 0.988. The molecule has 0 aliphatic heterocycles. The van der Waals surface area contributed by atoms with Crippen LogP contribution >= 0.6 is 23.1 Å². The Labute approximate surface area is 163 Å². The Hall–Kier alpha value is -0.480. The Bertz CT molecular complexity index is 443. The van der Waals surface area contributed by atoms with Crippen molar-refractivity contribution in [3.05, 3.63) is 16.3 Å². The lowest BCUT2D eigenvalue weighted by atomic mass is 10.1. The van der Waals surface area contributed by atoms with Crippen molar-refractivity contribution >= 4 is 29.1 Å². The van der Waals surface area contributed by atoms with Gasteiger partial charge in [-0.25, -0.2) is 4.79 Å². The molecule has 0 atom stereocenters. The van der Waals surface area contributed by atoms with Gasteiger partial charge in [-0.3, -0.25) is 0 Å². The van der Waals surface area contributed by atoms with Crippen molar-refractivity contribution in [1.29, 1.82) is 0 Å². The van der Waals surface area contributed by atoms with E-state index >= 15 is 0 Å². The monoisotopic (exact) mass is 384 g/mol. The normalized spacial score (nSPS) is 11.0. The number of hydrogen-bond donors (Lipinski definition) is 0. The molecule has 4 heteroatoms. The van der Waals surface area contributed by atoms with Gasteiger partial charge in [0.15, 0.2) is 0 Å². The van der Waals surface area contributed by atoms with Gasteiger partial charge in [-0.05, 0) is 24.7 Å². The predicted octanol–water partition coefficient (Wildman–Crippen LogP) is 7.72. The molecule has 0 fully saturated rings. The Kier molecular flexibility index (Phi) is 14.2. The third-order valence-electron chi connectivity index (χ3n) is 4.27. The number of ether oxygens (including phenoxy) is 1. The van der Waals surface area contributed by atoms with Crippen molar-refractivity contribution in [3.8, 4) is 0 Å². The minimum atomic E-state index is -0.163. The summed E-state index contributed by atoms with van der Waals surface area (Å²) in [5, 5.41) is 2.08. The zero-order valence-corrected chi connectivity index (χ0v) is 17.8. The van der Waals surface area contributed by atoms with E-state index in [1.807, 2.05) is 17.8 Å². The maximum absolute atomic E-state index is 11.9. The SMILES string of the molecule is CCCCCCCCCCCCSc1csc(C(=O)OCCCC)c1. The van der Waals surface area contributed by atoms with Crippen molar-refractivity contribution in [1.82, 2.24) is 0 Å². The summed E-state index contributed by atoms with van der Waals surface area (Å²) in [6.45, 7) is 4.91. The van der Waals surface area contributed by atoms with Crippen molar-refractivity contribution in [3.63, 3.8) is 0 Å². The average molecular weight is 385 g/mol. The van der Waals surface area contributed by atoms with Crippen LogP contribution in [0.3, 0.4) is 0 Å². The molecule has 0 aromatic carbocycles. The molecule has 0 saturated carbocycles. The van der Waals surface area contributed by atoms with Crippen LogP contribution in [0, 0.1) is 0 Å². The summed E-state index contributed by atoms with van der Waals surface area (Å²) >= 11 is 3.37. The van der Waals surface area contributed by atoms with Gasteiger partial charge in [0, 0.05) is 10.3 Å². The summed E-state index contributed by atoms with van der Waals surface area (Å²) < 4.78 is 5.26. The molecule has 0 amide bonds. The molecule has 2 nitrogen and oxygen atoms in total. The van der Waals surface area contributed by atoms with Crippen molar-refractivity contribution < 1.29 is 9.53 Å². The predicted molar refractivity (Wildman–Crippen MR) is 112 cm³/mol. The van der Waals surface area contributed by atoms with E-state index in [0.717, 1.165) is 23.5 Å². The first-order valence-corrected chi connectivity index (χ1v) is 12.0. The van der Waals surface area contributed by atoms with Crippen LogP contribution in [0.2, 0.25) is 0 Å². The first kappa shape index (κ1) is 22.6. The maximum Gasteiger partial charge on any atom is 0.348 e. The van der Waals surface area contributed by atoms with Crippen molar-refractivity contribution in [2.45, 2.75) is 95.8 Å². The molecule has 0 saturated heterocycles. The summed E-state index contributed by atoms with van der Waals surface area (Å²) in [7, 11) is 0. The zero-order valence-electron chi connectivity index (χ0n) is 16.2. The number of hydrogen-bond acceptors (Lipinski definition) is 4. The van der Waals surface area contributed by atoms with Gasteiger partial charge in [0.25, 0.3) is 0 Å². The van der Waals surface area contributed by atoms with E-state index in [9.17, 15) is 4.79 Å². The van der Waals surface area contributed by atoms with Gasteiger partial charge < -0.3 is 4.74 Å². The van der Waals surface area contributed by atoms with Gasteiger partial charge in [-0.2, -0.15) is 0 Å². The number of esters is 1. The van der Waals surface area contributed by atoms with Gasteiger partial charge in [-0.1, -0.05) is 78.1 Å². The zero-order chi connectivity index (χ0) is 18.2. The first-order chi connectivity index (χ1) is 12.3. The third kappa shape index (κ3) is 11.7. The molecular formula is C21H36O2S2.